The molecular formula is C15H23ClN2O. The fourth-order valence-electron chi connectivity index (χ4n) is 2.57. The largest absolute Gasteiger partial charge is 0.338 e. The van der Waals surface area contributed by atoms with Crippen molar-refractivity contribution in [2.75, 3.05) is 6.54 Å². The van der Waals surface area contributed by atoms with E-state index in [1.54, 1.807) is 0 Å². The van der Waals surface area contributed by atoms with E-state index in [1.165, 1.54) is 0 Å². The molecule has 1 aliphatic rings. The topological polar surface area (TPSA) is 46.3 Å². The third-order valence-electron chi connectivity index (χ3n) is 4.04. The molecule has 2 N–H and O–H groups in total. The average molecular weight is 283 g/mol. The van der Waals surface area contributed by atoms with Crippen LogP contribution in [0.5, 0.6) is 0 Å². The molecule has 1 aromatic carbocycles. The molecule has 1 heterocycles. The predicted octanol–water partition coefficient (Wildman–Crippen LogP) is 2.24. The van der Waals surface area contributed by atoms with Crippen molar-refractivity contribution in [2.24, 2.45) is 11.7 Å². The van der Waals surface area contributed by atoms with Crippen LogP contribution in [0.15, 0.2) is 30.3 Å². The van der Waals surface area contributed by atoms with Crippen molar-refractivity contribution in [3.8, 4) is 0 Å². The van der Waals surface area contributed by atoms with Crippen LogP contribution in [-0.2, 0) is 11.2 Å². The van der Waals surface area contributed by atoms with Gasteiger partial charge in [-0.3, -0.25) is 4.79 Å². The molecular weight excluding hydrogens is 260 g/mol. The van der Waals surface area contributed by atoms with E-state index in [1.807, 2.05) is 35.2 Å². The highest BCUT2D eigenvalue weighted by Gasteiger charge is 2.33. The third kappa shape index (κ3) is 3.71. The summed E-state index contributed by atoms with van der Waals surface area (Å²) in [7, 11) is 0. The monoisotopic (exact) mass is 282 g/mol. The molecule has 3 nitrogen and oxygen atoms in total. The highest BCUT2D eigenvalue weighted by molar-refractivity contribution is 5.85. The van der Waals surface area contributed by atoms with Gasteiger partial charge in [-0.2, -0.15) is 0 Å². The van der Waals surface area contributed by atoms with Gasteiger partial charge >= 0.3 is 0 Å². The number of carbonyl (C=O) groups is 1. The normalized spacial score (nSPS) is 23.8. The van der Waals surface area contributed by atoms with E-state index < -0.39 is 6.04 Å². The summed E-state index contributed by atoms with van der Waals surface area (Å²) >= 11 is 0. The minimum absolute atomic E-state index is 0. The Morgan fingerprint density at radius 1 is 1.37 bits per heavy atom. The molecule has 1 aliphatic heterocycles. The van der Waals surface area contributed by atoms with Crippen LogP contribution in [0.1, 0.15) is 25.8 Å². The lowest BCUT2D eigenvalue weighted by atomic mass is 10.0. The van der Waals surface area contributed by atoms with E-state index in [4.69, 9.17) is 5.73 Å². The second kappa shape index (κ2) is 6.92. The van der Waals surface area contributed by atoms with Gasteiger partial charge in [0.25, 0.3) is 0 Å². The zero-order valence-corrected chi connectivity index (χ0v) is 12.4. The number of hydrogen-bond acceptors (Lipinski definition) is 2. The summed E-state index contributed by atoms with van der Waals surface area (Å²) in [6.07, 6.45) is 1.71. The number of halogens is 1. The Bertz CT molecular complexity index is 410. The lowest BCUT2D eigenvalue weighted by Crippen LogP contribution is -2.46. The van der Waals surface area contributed by atoms with Gasteiger partial charge in [-0.15, -0.1) is 12.4 Å². The molecule has 0 spiro atoms. The molecule has 0 aliphatic carbocycles. The average Bonchev–Trinajstić information content (AvgIpc) is 2.70. The number of nitrogens with two attached hydrogens (primary N) is 1. The number of likely N-dealkylation sites (tertiary alicyclic amines) is 1. The maximum Gasteiger partial charge on any atom is 0.240 e. The fourth-order valence-corrected chi connectivity index (χ4v) is 2.57. The van der Waals surface area contributed by atoms with Gasteiger partial charge in [0, 0.05) is 12.6 Å². The molecule has 0 radical (unpaired) electrons. The molecule has 0 bridgehead atoms. The van der Waals surface area contributed by atoms with Crippen LogP contribution in [0.4, 0.5) is 0 Å². The lowest BCUT2D eigenvalue weighted by Gasteiger charge is -2.26. The number of hydrogen-bond donors (Lipinski definition) is 1. The van der Waals surface area contributed by atoms with Gasteiger partial charge in [0.15, 0.2) is 0 Å². The molecule has 1 amide bonds. The summed E-state index contributed by atoms with van der Waals surface area (Å²) in [6.45, 7) is 5.16. The molecule has 106 valence electrons. The molecule has 4 heteroatoms. The van der Waals surface area contributed by atoms with Crippen LogP contribution in [0, 0.1) is 5.92 Å². The number of benzene rings is 1. The Kier molecular flexibility index (Phi) is 5.83. The van der Waals surface area contributed by atoms with Gasteiger partial charge < -0.3 is 10.6 Å². The van der Waals surface area contributed by atoms with Crippen molar-refractivity contribution in [2.45, 2.75) is 38.8 Å². The van der Waals surface area contributed by atoms with Crippen molar-refractivity contribution < 1.29 is 4.79 Å². The Hall–Kier alpha value is -1.06. The standard InChI is InChI=1S/C15H22N2O.ClH/c1-11-8-9-17(12(11)2)15(18)14(16)10-13-6-4-3-5-7-13;/h3-7,11-12,14H,8-10,16H2,1-2H3;1H/t11?,12?,14-;/m0./s1. The smallest absolute Gasteiger partial charge is 0.240 e. The number of nitrogens with zero attached hydrogens (tertiary/aromatic N) is 1. The molecule has 2 rings (SSSR count). The van der Waals surface area contributed by atoms with Crippen LogP contribution >= 0.6 is 12.4 Å². The highest BCUT2D eigenvalue weighted by atomic mass is 35.5. The quantitative estimate of drug-likeness (QED) is 0.924. The minimum atomic E-state index is -0.417. The molecule has 0 saturated carbocycles. The maximum absolute atomic E-state index is 12.3. The Morgan fingerprint density at radius 3 is 2.53 bits per heavy atom. The Labute approximate surface area is 121 Å². The molecule has 1 aromatic rings. The van der Waals surface area contributed by atoms with Crippen LogP contribution in [0.2, 0.25) is 0 Å². The van der Waals surface area contributed by atoms with Gasteiger partial charge in [0.1, 0.15) is 0 Å². The second-order valence-corrected chi connectivity index (χ2v) is 5.33. The van der Waals surface area contributed by atoms with Crippen LogP contribution < -0.4 is 5.73 Å². The zero-order valence-electron chi connectivity index (χ0n) is 11.6. The van der Waals surface area contributed by atoms with Crippen molar-refractivity contribution in [3.63, 3.8) is 0 Å². The zero-order chi connectivity index (χ0) is 13.1. The Morgan fingerprint density at radius 2 is 2.00 bits per heavy atom. The van der Waals surface area contributed by atoms with Crippen molar-refractivity contribution in [3.05, 3.63) is 35.9 Å². The fraction of sp³-hybridized carbons (Fsp3) is 0.533. The van der Waals surface area contributed by atoms with E-state index in [0.29, 0.717) is 18.4 Å². The van der Waals surface area contributed by atoms with Crippen LogP contribution in [0.3, 0.4) is 0 Å². The predicted molar refractivity (Wildman–Crippen MR) is 80.3 cm³/mol. The highest BCUT2D eigenvalue weighted by Crippen LogP contribution is 2.24. The third-order valence-corrected chi connectivity index (χ3v) is 4.04. The molecule has 1 fully saturated rings. The van der Waals surface area contributed by atoms with E-state index in [2.05, 4.69) is 13.8 Å². The van der Waals surface area contributed by atoms with Crippen molar-refractivity contribution in [1.29, 1.82) is 0 Å². The molecule has 1 saturated heterocycles. The van der Waals surface area contributed by atoms with Crippen molar-refractivity contribution in [1.82, 2.24) is 4.90 Å². The molecule has 19 heavy (non-hydrogen) atoms. The van der Waals surface area contributed by atoms with E-state index in [9.17, 15) is 4.79 Å². The minimum Gasteiger partial charge on any atom is -0.338 e. The van der Waals surface area contributed by atoms with E-state index in [-0.39, 0.29) is 18.3 Å². The first-order chi connectivity index (χ1) is 8.59. The van der Waals surface area contributed by atoms with Crippen LogP contribution in [0.25, 0.3) is 0 Å². The van der Waals surface area contributed by atoms with Gasteiger partial charge in [0.05, 0.1) is 6.04 Å². The first-order valence-electron chi connectivity index (χ1n) is 6.69. The maximum atomic E-state index is 12.3. The van der Waals surface area contributed by atoms with Gasteiger partial charge in [-0.25, -0.2) is 0 Å². The molecule has 3 atom stereocenters. The van der Waals surface area contributed by atoms with E-state index >= 15 is 0 Å². The molecule has 0 aromatic heterocycles. The number of carbonyl (C=O) groups excluding carboxylic acids is 1. The number of amides is 1. The summed E-state index contributed by atoms with van der Waals surface area (Å²) in [5, 5.41) is 0. The van der Waals surface area contributed by atoms with Crippen LogP contribution in [-0.4, -0.2) is 29.4 Å². The van der Waals surface area contributed by atoms with Gasteiger partial charge in [-0.1, -0.05) is 37.3 Å². The first kappa shape index (κ1) is 16.0. The first-order valence-corrected chi connectivity index (χ1v) is 6.69. The number of rotatable bonds is 3. The lowest BCUT2D eigenvalue weighted by molar-refractivity contribution is -0.133. The summed E-state index contributed by atoms with van der Waals surface area (Å²) in [4.78, 5) is 14.2. The second-order valence-electron chi connectivity index (χ2n) is 5.33. The summed E-state index contributed by atoms with van der Waals surface area (Å²) in [5.41, 5.74) is 7.17. The van der Waals surface area contributed by atoms with Gasteiger partial charge in [0.2, 0.25) is 5.91 Å². The Balaban J connectivity index is 0.00000180. The SMILES string of the molecule is CC1CCN(C(=O)[C@@H](N)Cc2ccccc2)C1C.Cl. The summed E-state index contributed by atoms with van der Waals surface area (Å²) in [5.74, 6) is 0.675. The summed E-state index contributed by atoms with van der Waals surface area (Å²) in [6, 6.07) is 9.87. The molecule has 2 unspecified atom stereocenters. The van der Waals surface area contributed by atoms with Gasteiger partial charge in [-0.05, 0) is 31.2 Å². The van der Waals surface area contributed by atoms with Crippen molar-refractivity contribution >= 4 is 18.3 Å². The van der Waals surface area contributed by atoms with E-state index in [0.717, 1.165) is 18.5 Å². The summed E-state index contributed by atoms with van der Waals surface area (Å²) < 4.78 is 0.